The molecule has 2 rings (SSSR count). The zero-order chi connectivity index (χ0) is 14.7. The molecule has 0 radical (unpaired) electrons. The molecule has 0 bridgehead atoms. The van der Waals surface area contributed by atoms with Crippen LogP contribution in [0.15, 0.2) is 17.1 Å². The number of phenols is 1. The van der Waals surface area contributed by atoms with Crippen LogP contribution in [0.2, 0.25) is 0 Å². The number of likely N-dealkylation sites (tertiary alicyclic amines) is 1. The Labute approximate surface area is 121 Å². The third-order valence-corrected chi connectivity index (χ3v) is 4.08. The maximum Gasteiger partial charge on any atom is 0.191 e. The van der Waals surface area contributed by atoms with Gasteiger partial charge in [0.2, 0.25) is 0 Å². The molecule has 1 saturated heterocycles. The number of piperidine rings is 1. The van der Waals surface area contributed by atoms with Crippen LogP contribution >= 0.6 is 0 Å². The molecule has 0 atom stereocenters. The summed E-state index contributed by atoms with van der Waals surface area (Å²) in [6, 6.07) is 3.94. The Bertz CT molecular complexity index is 479. The third kappa shape index (κ3) is 3.44. The summed E-state index contributed by atoms with van der Waals surface area (Å²) >= 11 is 0. The quantitative estimate of drug-likeness (QED) is 0.644. The van der Waals surface area contributed by atoms with Gasteiger partial charge in [-0.1, -0.05) is 19.1 Å². The number of hydrogen-bond donors (Lipinski definition) is 2. The summed E-state index contributed by atoms with van der Waals surface area (Å²) in [4.78, 5) is 6.66. The Morgan fingerprint density at radius 3 is 2.40 bits per heavy atom. The molecular formula is C16H25N3O. The fourth-order valence-electron chi connectivity index (χ4n) is 2.65. The highest BCUT2D eigenvalue weighted by molar-refractivity contribution is 5.78. The minimum atomic E-state index is 0.371. The minimum absolute atomic E-state index is 0.371. The Morgan fingerprint density at radius 1 is 1.30 bits per heavy atom. The number of nitrogens with zero attached hydrogens (tertiary/aromatic N) is 2. The summed E-state index contributed by atoms with van der Waals surface area (Å²) < 4.78 is 0. The summed E-state index contributed by atoms with van der Waals surface area (Å²) in [6.07, 6.45) is 2.38. The van der Waals surface area contributed by atoms with Gasteiger partial charge in [-0.25, -0.2) is 4.99 Å². The molecule has 1 aromatic rings. The Morgan fingerprint density at radius 2 is 1.85 bits per heavy atom. The smallest absolute Gasteiger partial charge is 0.191 e. The van der Waals surface area contributed by atoms with Gasteiger partial charge in [0, 0.05) is 13.1 Å². The van der Waals surface area contributed by atoms with E-state index < -0.39 is 0 Å². The Kier molecular flexibility index (Phi) is 4.53. The molecule has 1 heterocycles. The molecule has 4 nitrogen and oxygen atoms in total. The molecule has 0 aromatic heterocycles. The van der Waals surface area contributed by atoms with Crippen molar-refractivity contribution in [1.82, 2.24) is 4.90 Å². The molecule has 1 aromatic carbocycles. The SMILES string of the molecule is Cc1cc(CN=C(N)N2CCC(C)CC2)cc(C)c1O. The van der Waals surface area contributed by atoms with Gasteiger partial charge in [-0.05, 0) is 49.3 Å². The summed E-state index contributed by atoms with van der Waals surface area (Å²) in [7, 11) is 0. The topological polar surface area (TPSA) is 61.8 Å². The Balaban J connectivity index is 2.01. The van der Waals surface area contributed by atoms with Crippen molar-refractivity contribution in [2.75, 3.05) is 13.1 Å². The van der Waals surface area contributed by atoms with Crippen molar-refractivity contribution in [2.24, 2.45) is 16.6 Å². The summed E-state index contributed by atoms with van der Waals surface area (Å²) in [6.45, 7) is 8.68. The highest BCUT2D eigenvalue weighted by atomic mass is 16.3. The van der Waals surface area contributed by atoms with Gasteiger partial charge in [-0.2, -0.15) is 0 Å². The molecule has 0 unspecified atom stereocenters. The van der Waals surface area contributed by atoms with Gasteiger partial charge in [0.25, 0.3) is 0 Å². The lowest BCUT2D eigenvalue weighted by molar-refractivity contribution is 0.277. The number of aromatic hydroxyl groups is 1. The first-order valence-corrected chi connectivity index (χ1v) is 7.31. The van der Waals surface area contributed by atoms with Gasteiger partial charge in [0.05, 0.1) is 6.54 Å². The second kappa shape index (κ2) is 6.16. The van der Waals surface area contributed by atoms with E-state index in [4.69, 9.17) is 5.73 Å². The summed E-state index contributed by atoms with van der Waals surface area (Å²) in [5.41, 5.74) is 8.94. The minimum Gasteiger partial charge on any atom is -0.507 e. The van der Waals surface area contributed by atoms with E-state index in [0.29, 0.717) is 18.3 Å². The zero-order valence-electron chi connectivity index (χ0n) is 12.7. The lowest BCUT2D eigenvalue weighted by Gasteiger charge is -2.31. The predicted molar refractivity (Wildman–Crippen MR) is 82.9 cm³/mol. The number of hydrogen-bond acceptors (Lipinski definition) is 2. The third-order valence-electron chi connectivity index (χ3n) is 4.08. The first-order chi connectivity index (χ1) is 9.47. The van der Waals surface area contributed by atoms with Crippen molar-refractivity contribution < 1.29 is 5.11 Å². The van der Waals surface area contributed by atoms with Gasteiger partial charge in [0.15, 0.2) is 5.96 Å². The first-order valence-electron chi connectivity index (χ1n) is 7.31. The van der Waals surface area contributed by atoms with E-state index >= 15 is 0 Å². The molecular weight excluding hydrogens is 250 g/mol. The van der Waals surface area contributed by atoms with Gasteiger partial charge in [-0.3, -0.25) is 0 Å². The number of phenolic OH excluding ortho intramolecular Hbond substituents is 1. The number of nitrogens with two attached hydrogens (primary N) is 1. The number of aliphatic imine (C=N–C) groups is 1. The lowest BCUT2D eigenvalue weighted by atomic mass is 10.00. The molecule has 110 valence electrons. The first kappa shape index (κ1) is 14.7. The molecule has 20 heavy (non-hydrogen) atoms. The molecule has 0 spiro atoms. The average Bonchev–Trinajstić information content (AvgIpc) is 2.42. The van der Waals surface area contributed by atoms with Gasteiger partial charge in [-0.15, -0.1) is 0 Å². The molecule has 3 N–H and O–H groups in total. The van der Waals surface area contributed by atoms with E-state index in [1.54, 1.807) is 0 Å². The van der Waals surface area contributed by atoms with Crippen LogP contribution in [0.1, 0.15) is 36.5 Å². The molecule has 0 saturated carbocycles. The van der Waals surface area contributed by atoms with Crippen LogP contribution in [0.25, 0.3) is 0 Å². The van der Waals surface area contributed by atoms with Gasteiger partial charge < -0.3 is 15.7 Å². The predicted octanol–water partition coefficient (Wildman–Crippen LogP) is 2.56. The monoisotopic (exact) mass is 275 g/mol. The Hall–Kier alpha value is -1.71. The van der Waals surface area contributed by atoms with Crippen molar-refractivity contribution in [1.29, 1.82) is 0 Å². The van der Waals surface area contributed by atoms with Crippen LogP contribution in [0.4, 0.5) is 0 Å². The van der Waals surface area contributed by atoms with Crippen molar-refractivity contribution in [2.45, 2.75) is 40.2 Å². The van der Waals surface area contributed by atoms with Gasteiger partial charge in [0.1, 0.15) is 5.75 Å². The van der Waals surface area contributed by atoms with Crippen LogP contribution in [0.5, 0.6) is 5.75 Å². The number of benzene rings is 1. The molecule has 1 aliphatic rings. The molecule has 1 aliphatic heterocycles. The largest absolute Gasteiger partial charge is 0.507 e. The maximum absolute atomic E-state index is 9.77. The number of rotatable bonds is 2. The van der Waals surface area contributed by atoms with Crippen LogP contribution < -0.4 is 5.73 Å². The lowest BCUT2D eigenvalue weighted by Crippen LogP contribution is -2.42. The summed E-state index contributed by atoms with van der Waals surface area (Å²) in [5.74, 6) is 1.80. The van der Waals surface area contributed by atoms with Crippen LogP contribution in [0.3, 0.4) is 0 Å². The maximum atomic E-state index is 9.77. The van der Waals surface area contributed by atoms with E-state index in [0.717, 1.165) is 35.7 Å². The standard InChI is InChI=1S/C16H25N3O/c1-11-4-6-19(7-5-11)16(17)18-10-14-8-12(2)15(20)13(3)9-14/h8-9,11,20H,4-7,10H2,1-3H3,(H2,17,18). The van der Waals surface area contributed by atoms with Crippen molar-refractivity contribution in [3.8, 4) is 5.75 Å². The van der Waals surface area contributed by atoms with Crippen LogP contribution in [-0.4, -0.2) is 29.1 Å². The zero-order valence-corrected chi connectivity index (χ0v) is 12.7. The van der Waals surface area contributed by atoms with Gasteiger partial charge >= 0.3 is 0 Å². The normalized spacial score (nSPS) is 17.6. The van der Waals surface area contributed by atoms with E-state index in [9.17, 15) is 5.11 Å². The van der Waals surface area contributed by atoms with E-state index in [-0.39, 0.29) is 0 Å². The van der Waals surface area contributed by atoms with Crippen molar-refractivity contribution in [3.63, 3.8) is 0 Å². The van der Waals surface area contributed by atoms with Crippen molar-refractivity contribution >= 4 is 5.96 Å². The molecule has 0 aliphatic carbocycles. The van der Waals surface area contributed by atoms with E-state index in [1.807, 2.05) is 26.0 Å². The van der Waals surface area contributed by atoms with Crippen molar-refractivity contribution in [3.05, 3.63) is 28.8 Å². The second-order valence-electron chi connectivity index (χ2n) is 5.92. The van der Waals surface area contributed by atoms with Crippen LogP contribution in [0, 0.1) is 19.8 Å². The molecule has 4 heteroatoms. The number of guanidine groups is 1. The highest BCUT2D eigenvalue weighted by Gasteiger charge is 2.16. The fraction of sp³-hybridized carbons (Fsp3) is 0.562. The molecule has 0 amide bonds. The second-order valence-corrected chi connectivity index (χ2v) is 5.92. The van der Waals surface area contributed by atoms with Crippen LogP contribution in [-0.2, 0) is 6.54 Å². The highest BCUT2D eigenvalue weighted by Crippen LogP contribution is 2.23. The summed E-state index contributed by atoms with van der Waals surface area (Å²) in [5, 5.41) is 9.77. The van der Waals surface area contributed by atoms with E-state index in [2.05, 4.69) is 16.8 Å². The number of aryl methyl sites for hydroxylation is 2. The molecule has 1 fully saturated rings. The average molecular weight is 275 g/mol. The van der Waals surface area contributed by atoms with E-state index in [1.165, 1.54) is 12.8 Å². The fourth-order valence-corrected chi connectivity index (χ4v) is 2.65.